The lowest BCUT2D eigenvalue weighted by molar-refractivity contribution is 0.343. The Morgan fingerprint density at radius 2 is 1.33 bits per heavy atom. The topological polar surface area (TPSA) is 136 Å². The molecule has 0 bridgehead atoms. The fourth-order valence-corrected chi connectivity index (χ4v) is 0.0680. The van der Waals surface area contributed by atoms with Gasteiger partial charge in [0.2, 0.25) is 0 Å². The molecule has 0 aromatic carbocycles. The Kier molecular flexibility index (Phi) is 29.1. The number of rotatable bonds is 3. The molecule has 0 aromatic rings. The Morgan fingerprint density at radius 1 is 1.13 bits per heavy atom. The molecule has 0 aliphatic heterocycles. The van der Waals surface area contributed by atoms with Gasteiger partial charge in [-0.15, -0.1) is 6.58 Å². The number of hydrogen-bond acceptors (Lipinski definition) is 4. The van der Waals surface area contributed by atoms with Gasteiger partial charge in [0.15, 0.2) is 0 Å². The van der Waals surface area contributed by atoms with Crippen molar-refractivity contribution in [3.63, 3.8) is 0 Å². The van der Waals surface area contributed by atoms with E-state index in [1.54, 1.807) is 0 Å². The van der Waals surface area contributed by atoms with Crippen LogP contribution in [0.5, 0.6) is 0 Å². The van der Waals surface area contributed by atoms with Gasteiger partial charge in [-0.2, -0.15) is 8.42 Å². The summed E-state index contributed by atoms with van der Waals surface area (Å²) >= 11 is 0. The van der Waals surface area contributed by atoms with Gasteiger partial charge >= 0.3 is 10.4 Å². The second-order valence-electron chi connectivity index (χ2n) is 1.39. The number of ether oxygens (including phenoxy) is 1. The summed E-state index contributed by atoms with van der Waals surface area (Å²) in [5.41, 5.74) is 0. The molecule has 0 atom stereocenters. The smallest absolute Gasteiger partial charge is 0.394 e. The first-order valence-corrected chi connectivity index (χ1v) is 4.52. The molecule has 0 heterocycles. The predicted octanol–water partition coefficient (Wildman–Crippen LogP) is -0.0228. The zero-order valence-electron chi connectivity index (χ0n) is 8.04. The van der Waals surface area contributed by atoms with E-state index in [9.17, 15) is 0 Å². The number of aliphatic hydroxyl groups excluding tert-OH is 1. The fourth-order valence-electron chi connectivity index (χ4n) is 0.0680. The van der Waals surface area contributed by atoms with Crippen molar-refractivity contribution in [3.05, 3.63) is 38.3 Å². The minimum atomic E-state index is -4.67. The molecular weight excluding hydrogens is 228 g/mol. The fraction of sp³-hybridized carbons (Fsp3) is 0.143. The van der Waals surface area contributed by atoms with Crippen LogP contribution in [0.3, 0.4) is 0 Å². The maximum absolute atomic E-state index is 8.74. The molecule has 5 N–H and O–H groups in total. The van der Waals surface area contributed by atoms with Crippen LogP contribution >= 0.6 is 0 Å². The average Bonchev–Trinajstić information content (AvgIpc) is 2.03. The third kappa shape index (κ3) is 457. The highest BCUT2D eigenvalue weighted by molar-refractivity contribution is 7.79. The molecule has 92 valence electrons. The molecule has 0 rings (SSSR count). The van der Waals surface area contributed by atoms with E-state index < -0.39 is 10.4 Å². The Hall–Kier alpha value is -1.19. The average molecular weight is 244 g/mol. The van der Waals surface area contributed by atoms with Gasteiger partial charge in [-0.25, -0.2) is 0 Å². The van der Waals surface area contributed by atoms with E-state index in [2.05, 4.69) is 24.5 Å². The van der Waals surface area contributed by atoms with Crippen molar-refractivity contribution in [1.82, 2.24) is 0 Å². The Balaban J connectivity index is -0.0000000590. The quantitative estimate of drug-likeness (QED) is 0.362. The lowest BCUT2D eigenvalue weighted by Crippen LogP contribution is -1.89. The Bertz CT molecular complexity index is 218. The van der Waals surface area contributed by atoms with Crippen LogP contribution in [0.15, 0.2) is 38.3 Å². The summed E-state index contributed by atoms with van der Waals surface area (Å²) in [7, 11) is -4.67. The Morgan fingerprint density at radius 3 is 1.33 bits per heavy atom. The summed E-state index contributed by atoms with van der Waals surface area (Å²) in [6.07, 6.45) is 4.06. The third-order valence-corrected chi connectivity index (χ3v) is 0.322. The van der Waals surface area contributed by atoms with Crippen molar-refractivity contribution in [2.75, 3.05) is 6.61 Å². The van der Waals surface area contributed by atoms with Crippen molar-refractivity contribution in [3.8, 4) is 0 Å². The van der Waals surface area contributed by atoms with Crippen molar-refractivity contribution < 1.29 is 32.8 Å². The highest BCUT2D eigenvalue weighted by Gasteiger charge is 1.84. The van der Waals surface area contributed by atoms with Crippen LogP contribution in [0.4, 0.5) is 0 Å². The molecule has 0 spiro atoms. The van der Waals surface area contributed by atoms with Gasteiger partial charge in [-0.05, 0) is 0 Å². The maximum Gasteiger partial charge on any atom is 0.394 e. The first-order chi connectivity index (χ1) is 6.33. The zero-order chi connectivity index (χ0) is 12.0. The van der Waals surface area contributed by atoms with E-state index in [4.69, 9.17) is 22.6 Å². The summed E-state index contributed by atoms with van der Waals surface area (Å²) in [4.78, 5) is 0. The third-order valence-electron chi connectivity index (χ3n) is 0.322. The van der Waals surface area contributed by atoms with Crippen LogP contribution in [0.1, 0.15) is 0 Å². The normalized spacial score (nSPS) is 7.40. The van der Waals surface area contributed by atoms with Gasteiger partial charge in [0.25, 0.3) is 0 Å². The van der Waals surface area contributed by atoms with E-state index >= 15 is 0 Å². The van der Waals surface area contributed by atoms with Gasteiger partial charge in [-0.1, -0.05) is 19.2 Å². The van der Waals surface area contributed by atoms with Gasteiger partial charge < -0.3 is 15.3 Å². The molecule has 0 saturated heterocycles. The van der Waals surface area contributed by atoms with Gasteiger partial charge in [0.05, 0.1) is 19.1 Å². The molecule has 0 unspecified atom stereocenters. The van der Waals surface area contributed by atoms with Crippen LogP contribution in [0.25, 0.3) is 0 Å². The van der Waals surface area contributed by atoms with E-state index in [0.717, 1.165) is 0 Å². The lowest BCUT2D eigenvalue weighted by atomic mass is 10.7. The van der Waals surface area contributed by atoms with E-state index in [-0.39, 0.29) is 12.1 Å². The van der Waals surface area contributed by atoms with Gasteiger partial charge in [0, 0.05) is 0 Å². The zero-order valence-corrected chi connectivity index (χ0v) is 8.85. The van der Waals surface area contributed by atoms with E-state index in [1.165, 1.54) is 18.6 Å². The highest BCUT2D eigenvalue weighted by atomic mass is 32.3. The molecule has 8 heteroatoms. The second kappa shape index (κ2) is 18.6. The molecule has 0 aromatic heterocycles. The molecular formula is C7H16O7S. The highest BCUT2D eigenvalue weighted by Crippen LogP contribution is 1.65. The number of hydrogen-bond donors (Lipinski definition) is 3. The molecule has 0 saturated carbocycles. The van der Waals surface area contributed by atoms with Crippen molar-refractivity contribution in [2.24, 2.45) is 0 Å². The minimum Gasteiger partial charge on any atom is -0.474 e. The Labute approximate surface area is 88.9 Å². The van der Waals surface area contributed by atoms with Crippen molar-refractivity contribution in [1.29, 1.82) is 0 Å². The standard InChI is InChI=1S/C4H6O.C3H6O.H2O4S.H2O/c1-3-5-4-2;1-2-3-4;1-5(2,3)4;/h3-4H,1-2H2;2,4H,1,3H2;(H2,1,2,3,4);1H2. The molecule has 15 heavy (non-hydrogen) atoms. The SMILES string of the molecule is C=CCO.C=COC=C.O.O=S(=O)(O)O. The van der Waals surface area contributed by atoms with Gasteiger partial charge in [-0.3, -0.25) is 9.11 Å². The summed E-state index contributed by atoms with van der Waals surface area (Å²) in [5, 5.41) is 7.76. The van der Waals surface area contributed by atoms with E-state index in [1.807, 2.05) is 0 Å². The van der Waals surface area contributed by atoms with Crippen LogP contribution in [-0.4, -0.2) is 34.7 Å². The minimum absolute atomic E-state index is 0. The molecule has 7 nitrogen and oxygen atoms in total. The number of aliphatic hydroxyl groups is 1. The summed E-state index contributed by atoms with van der Waals surface area (Å²) < 4.78 is 35.9. The van der Waals surface area contributed by atoms with Crippen molar-refractivity contribution in [2.45, 2.75) is 0 Å². The van der Waals surface area contributed by atoms with Crippen LogP contribution in [-0.2, 0) is 15.1 Å². The predicted molar refractivity (Wildman–Crippen MR) is 56.6 cm³/mol. The summed E-state index contributed by atoms with van der Waals surface area (Å²) in [5.74, 6) is 0. The lowest BCUT2D eigenvalue weighted by Gasteiger charge is -1.76. The molecule has 0 aliphatic rings. The second-order valence-corrected chi connectivity index (χ2v) is 2.28. The van der Waals surface area contributed by atoms with Crippen LogP contribution in [0.2, 0.25) is 0 Å². The van der Waals surface area contributed by atoms with Crippen LogP contribution < -0.4 is 0 Å². The van der Waals surface area contributed by atoms with E-state index in [0.29, 0.717) is 0 Å². The largest absolute Gasteiger partial charge is 0.474 e. The molecule has 0 radical (unpaired) electrons. The molecule has 0 amide bonds. The maximum atomic E-state index is 8.74. The van der Waals surface area contributed by atoms with Crippen molar-refractivity contribution >= 4 is 10.4 Å². The summed E-state index contributed by atoms with van der Waals surface area (Å²) in [6.45, 7) is 9.83. The molecule has 0 aliphatic carbocycles. The first-order valence-electron chi connectivity index (χ1n) is 3.12. The monoisotopic (exact) mass is 244 g/mol. The first kappa shape index (κ1) is 23.5. The van der Waals surface area contributed by atoms with Crippen LogP contribution in [0, 0.1) is 0 Å². The summed E-state index contributed by atoms with van der Waals surface area (Å²) in [6, 6.07) is 0. The molecule has 0 fully saturated rings. The van der Waals surface area contributed by atoms with Gasteiger partial charge in [0.1, 0.15) is 0 Å².